The van der Waals surface area contributed by atoms with Crippen molar-refractivity contribution in [3.05, 3.63) is 35.1 Å². The second kappa shape index (κ2) is 11.5. The van der Waals surface area contributed by atoms with E-state index in [0.717, 1.165) is 38.6 Å². The van der Waals surface area contributed by atoms with Gasteiger partial charge >= 0.3 is 0 Å². The van der Waals surface area contributed by atoms with Crippen LogP contribution < -0.4 is 15.8 Å². The van der Waals surface area contributed by atoms with Crippen molar-refractivity contribution in [2.24, 2.45) is 17.1 Å². The molecule has 0 saturated heterocycles. The molecule has 3 N–H and O–H groups in total. The summed E-state index contributed by atoms with van der Waals surface area (Å²) in [6.07, 6.45) is 9.89. The average molecular weight is 515 g/mol. The summed E-state index contributed by atoms with van der Waals surface area (Å²) in [5, 5.41) is 3.39. The molecule has 9 nitrogen and oxygen atoms in total. The summed E-state index contributed by atoms with van der Waals surface area (Å²) in [5.41, 5.74) is 6.26. The van der Waals surface area contributed by atoms with E-state index in [0.29, 0.717) is 55.5 Å². The highest BCUT2D eigenvalue weighted by Crippen LogP contribution is 2.45. The fraction of sp³-hybridized carbons (Fsp3) is 0.577. The van der Waals surface area contributed by atoms with Crippen LogP contribution in [0, 0.1) is 11.3 Å². The standard InChI is InChI=1S/C26H35ClN6O3/c1-17(7-6-12-29-2)16-36-21-15-20(33-14-13-30-25(33)27)31-24(32-21)22(28)18-8-5-11-26(23(18)35)10-4-3-9-19(26)34/h13-15,17,29H,3-12,16,28H2,1-2H3/t17-,26+/m0/s1. The second-order valence-corrected chi connectivity index (χ2v) is 10.2. The van der Waals surface area contributed by atoms with E-state index in [1.807, 2.05) is 7.05 Å². The van der Waals surface area contributed by atoms with Crippen LogP contribution in [0.15, 0.2) is 24.0 Å². The normalized spacial score (nSPS) is 22.6. The lowest BCUT2D eigenvalue weighted by atomic mass is 9.62. The Labute approximate surface area is 216 Å². The molecule has 0 aliphatic heterocycles. The van der Waals surface area contributed by atoms with E-state index in [2.05, 4.69) is 27.2 Å². The number of halogens is 1. The molecule has 0 unspecified atom stereocenters. The third-order valence-electron chi connectivity index (χ3n) is 7.27. The minimum Gasteiger partial charge on any atom is -0.477 e. The Morgan fingerprint density at radius 3 is 2.78 bits per heavy atom. The van der Waals surface area contributed by atoms with Gasteiger partial charge in [-0.3, -0.25) is 14.2 Å². The number of aromatic nitrogens is 4. The molecule has 0 amide bonds. The predicted molar refractivity (Wildman–Crippen MR) is 138 cm³/mol. The van der Waals surface area contributed by atoms with Crippen molar-refractivity contribution in [1.29, 1.82) is 0 Å². The van der Waals surface area contributed by atoms with Crippen LogP contribution in [0.25, 0.3) is 11.5 Å². The van der Waals surface area contributed by atoms with Gasteiger partial charge in [-0.15, -0.1) is 0 Å². The van der Waals surface area contributed by atoms with Gasteiger partial charge in [0.05, 0.1) is 17.7 Å². The molecule has 2 aromatic heterocycles. The molecule has 10 heteroatoms. The second-order valence-electron chi connectivity index (χ2n) is 9.90. The van der Waals surface area contributed by atoms with Crippen LogP contribution in [-0.2, 0) is 9.59 Å². The first-order chi connectivity index (χ1) is 17.4. The highest BCUT2D eigenvalue weighted by molar-refractivity contribution is 6.28. The fourth-order valence-electron chi connectivity index (χ4n) is 5.20. The zero-order chi connectivity index (χ0) is 25.7. The third kappa shape index (κ3) is 5.47. The number of nitrogens with two attached hydrogens (primary N) is 1. The zero-order valence-corrected chi connectivity index (χ0v) is 21.8. The first-order valence-electron chi connectivity index (χ1n) is 12.8. The van der Waals surface area contributed by atoms with Crippen LogP contribution in [0.4, 0.5) is 0 Å². The van der Waals surface area contributed by atoms with E-state index < -0.39 is 5.41 Å². The van der Waals surface area contributed by atoms with Crippen LogP contribution in [-0.4, -0.2) is 51.3 Å². The van der Waals surface area contributed by atoms with Crippen molar-refractivity contribution < 1.29 is 14.3 Å². The number of imidazole rings is 1. The molecular formula is C26H35ClN6O3. The van der Waals surface area contributed by atoms with Crippen LogP contribution in [0.5, 0.6) is 5.88 Å². The Bertz CT molecular complexity index is 1140. The fourth-order valence-corrected chi connectivity index (χ4v) is 5.39. The summed E-state index contributed by atoms with van der Waals surface area (Å²) in [5.74, 6) is 1.18. The predicted octanol–water partition coefficient (Wildman–Crippen LogP) is 3.88. The van der Waals surface area contributed by atoms with Crippen LogP contribution >= 0.6 is 11.6 Å². The number of ether oxygens (including phenoxy) is 1. The zero-order valence-electron chi connectivity index (χ0n) is 21.1. The largest absolute Gasteiger partial charge is 0.477 e. The Kier molecular flexibility index (Phi) is 8.41. The lowest BCUT2D eigenvalue weighted by Crippen LogP contribution is -2.45. The van der Waals surface area contributed by atoms with Gasteiger partial charge in [-0.25, -0.2) is 9.97 Å². The van der Waals surface area contributed by atoms with Crippen molar-refractivity contribution in [2.45, 2.75) is 64.7 Å². The van der Waals surface area contributed by atoms with Gasteiger partial charge in [0, 0.05) is 30.5 Å². The number of rotatable bonds is 9. The molecule has 2 aromatic rings. The molecule has 2 heterocycles. The summed E-state index contributed by atoms with van der Waals surface area (Å²) >= 11 is 6.25. The molecule has 2 aliphatic carbocycles. The molecule has 36 heavy (non-hydrogen) atoms. The summed E-state index contributed by atoms with van der Waals surface area (Å²) in [7, 11) is 1.94. The number of carbonyl (C=O) groups is 2. The first-order valence-corrected chi connectivity index (χ1v) is 13.2. The summed E-state index contributed by atoms with van der Waals surface area (Å²) < 4.78 is 7.64. The molecule has 4 rings (SSSR count). The van der Waals surface area contributed by atoms with Gasteiger partial charge in [-0.2, -0.15) is 4.98 Å². The highest BCUT2D eigenvalue weighted by Gasteiger charge is 2.49. The maximum Gasteiger partial charge on any atom is 0.219 e. The monoisotopic (exact) mass is 514 g/mol. The Morgan fingerprint density at radius 2 is 2.06 bits per heavy atom. The summed E-state index contributed by atoms with van der Waals surface area (Å²) in [4.78, 5) is 39.7. The van der Waals surface area contributed by atoms with Crippen molar-refractivity contribution in [3.8, 4) is 11.7 Å². The maximum absolute atomic E-state index is 13.6. The Morgan fingerprint density at radius 1 is 1.25 bits per heavy atom. The van der Waals surface area contributed by atoms with Crippen LogP contribution in [0.1, 0.15) is 70.5 Å². The van der Waals surface area contributed by atoms with Gasteiger partial charge < -0.3 is 15.8 Å². The number of Topliss-reactive ketones (excluding diaryl/α,β-unsaturated/α-hetero) is 2. The summed E-state index contributed by atoms with van der Waals surface area (Å²) in [6, 6.07) is 1.68. The number of allylic oxidation sites excluding steroid dienone is 1. The topological polar surface area (TPSA) is 125 Å². The number of ketones is 2. The van der Waals surface area contributed by atoms with E-state index in [-0.39, 0.29) is 28.4 Å². The number of hydrogen-bond donors (Lipinski definition) is 2. The molecule has 2 saturated carbocycles. The molecule has 1 spiro atoms. The smallest absolute Gasteiger partial charge is 0.219 e. The highest BCUT2D eigenvalue weighted by atomic mass is 35.5. The average Bonchev–Trinajstić information content (AvgIpc) is 3.31. The van der Waals surface area contributed by atoms with E-state index in [1.165, 1.54) is 0 Å². The van der Waals surface area contributed by atoms with E-state index in [9.17, 15) is 9.59 Å². The molecule has 0 radical (unpaired) electrons. The quantitative estimate of drug-likeness (QED) is 0.293. The van der Waals surface area contributed by atoms with Crippen molar-refractivity contribution in [2.75, 3.05) is 20.2 Å². The van der Waals surface area contributed by atoms with E-state index >= 15 is 0 Å². The molecule has 0 bridgehead atoms. The molecule has 2 atom stereocenters. The van der Waals surface area contributed by atoms with Crippen molar-refractivity contribution in [3.63, 3.8) is 0 Å². The molecule has 2 fully saturated rings. The molecule has 0 aromatic carbocycles. The van der Waals surface area contributed by atoms with E-state index in [1.54, 1.807) is 23.0 Å². The SMILES string of the molecule is CNCCC[C@H](C)COc1cc(-n2ccnc2Cl)nc(C(N)=C2CCC[C@@]3(CCCCC3=O)C2=O)n1. The maximum atomic E-state index is 13.6. The van der Waals surface area contributed by atoms with Gasteiger partial charge in [0.25, 0.3) is 0 Å². The van der Waals surface area contributed by atoms with Gasteiger partial charge in [0.1, 0.15) is 11.6 Å². The Balaban J connectivity index is 1.67. The van der Waals surface area contributed by atoms with E-state index in [4.69, 9.17) is 22.1 Å². The number of nitrogens with one attached hydrogen (secondary N) is 1. The van der Waals surface area contributed by atoms with Crippen LogP contribution in [0.2, 0.25) is 5.28 Å². The lowest BCUT2D eigenvalue weighted by Gasteiger charge is -2.38. The van der Waals surface area contributed by atoms with Gasteiger partial charge in [0.2, 0.25) is 11.2 Å². The summed E-state index contributed by atoms with van der Waals surface area (Å²) in [6.45, 7) is 3.56. The lowest BCUT2D eigenvalue weighted by molar-refractivity contribution is -0.143. The molecule has 194 valence electrons. The molecule has 2 aliphatic rings. The van der Waals surface area contributed by atoms with Crippen LogP contribution in [0.3, 0.4) is 0 Å². The van der Waals surface area contributed by atoms with Gasteiger partial charge in [-0.1, -0.05) is 13.3 Å². The number of nitrogens with zero attached hydrogens (tertiary/aromatic N) is 4. The van der Waals surface area contributed by atoms with Crippen molar-refractivity contribution in [1.82, 2.24) is 24.8 Å². The van der Waals surface area contributed by atoms with Gasteiger partial charge in [-0.05, 0) is 76.1 Å². The first kappa shape index (κ1) is 26.3. The minimum atomic E-state index is -0.941. The minimum absolute atomic E-state index is 0.0416. The number of hydrogen-bond acceptors (Lipinski definition) is 8. The third-order valence-corrected chi connectivity index (χ3v) is 7.55. The molecular weight excluding hydrogens is 480 g/mol. The van der Waals surface area contributed by atoms with Gasteiger partial charge in [0.15, 0.2) is 11.6 Å². The van der Waals surface area contributed by atoms with Crippen molar-refractivity contribution >= 4 is 28.9 Å². The number of carbonyl (C=O) groups excluding carboxylic acids is 2. The Hall–Kier alpha value is -2.78.